The van der Waals surface area contributed by atoms with Crippen molar-refractivity contribution in [3.05, 3.63) is 106 Å². The highest BCUT2D eigenvalue weighted by atomic mass is 19.4. The van der Waals surface area contributed by atoms with Gasteiger partial charge in [-0.3, -0.25) is 19.1 Å². The molecule has 3 aromatic heterocycles. The first-order valence-corrected chi connectivity index (χ1v) is 14.0. The van der Waals surface area contributed by atoms with E-state index in [1.807, 2.05) is 0 Å². The van der Waals surface area contributed by atoms with Crippen molar-refractivity contribution in [1.29, 1.82) is 0 Å². The van der Waals surface area contributed by atoms with Gasteiger partial charge in [-0.05, 0) is 60.9 Å². The van der Waals surface area contributed by atoms with Crippen LogP contribution >= 0.6 is 0 Å². The van der Waals surface area contributed by atoms with Crippen LogP contribution < -0.4 is 10.9 Å². The maximum absolute atomic E-state index is 15.2. The summed E-state index contributed by atoms with van der Waals surface area (Å²) >= 11 is 0. The minimum atomic E-state index is -4.84. The van der Waals surface area contributed by atoms with Crippen LogP contribution in [0.5, 0.6) is 0 Å². The number of benzene rings is 2. The molecule has 1 amide bonds. The van der Waals surface area contributed by atoms with Crippen molar-refractivity contribution in [2.45, 2.75) is 38.4 Å². The summed E-state index contributed by atoms with van der Waals surface area (Å²) in [5.41, 5.74) is -1.66. The number of carbonyl (C=O) groups excluding carboxylic acids is 1. The number of alkyl halides is 3. The molecule has 236 valence electrons. The van der Waals surface area contributed by atoms with Gasteiger partial charge in [-0.1, -0.05) is 18.6 Å². The van der Waals surface area contributed by atoms with Crippen molar-refractivity contribution in [3.63, 3.8) is 0 Å². The summed E-state index contributed by atoms with van der Waals surface area (Å²) in [5.74, 6) is -4.01. The summed E-state index contributed by atoms with van der Waals surface area (Å²) in [4.78, 5) is 35.1. The van der Waals surface area contributed by atoms with Crippen LogP contribution in [-0.4, -0.2) is 35.4 Å². The van der Waals surface area contributed by atoms with E-state index in [1.54, 1.807) is 19.1 Å². The van der Waals surface area contributed by atoms with E-state index in [0.717, 1.165) is 18.5 Å². The van der Waals surface area contributed by atoms with Crippen LogP contribution in [0.4, 0.5) is 32.0 Å². The lowest BCUT2D eigenvalue weighted by atomic mass is 9.94. The van der Waals surface area contributed by atoms with Gasteiger partial charge in [-0.2, -0.15) is 13.2 Å². The Labute approximate surface area is 256 Å². The van der Waals surface area contributed by atoms with E-state index in [9.17, 15) is 31.5 Å². The lowest BCUT2D eigenvalue weighted by Gasteiger charge is -2.23. The van der Waals surface area contributed by atoms with E-state index in [-0.39, 0.29) is 17.3 Å². The Bertz CT molecular complexity index is 2020. The summed E-state index contributed by atoms with van der Waals surface area (Å²) in [7, 11) is 0. The van der Waals surface area contributed by atoms with E-state index < -0.39 is 52.4 Å². The van der Waals surface area contributed by atoms with Gasteiger partial charge in [0.1, 0.15) is 5.82 Å². The van der Waals surface area contributed by atoms with Gasteiger partial charge < -0.3 is 5.32 Å². The van der Waals surface area contributed by atoms with Crippen LogP contribution in [-0.2, 0) is 11.0 Å². The molecule has 0 spiro atoms. The molecule has 2 bridgehead atoms. The second kappa shape index (κ2) is 11.9. The largest absolute Gasteiger partial charge is 0.436 e. The quantitative estimate of drug-likeness (QED) is 0.231. The highest BCUT2D eigenvalue weighted by Crippen LogP contribution is 2.35. The Morgan fingerprint density at radius 3 is 2.48 bits per heavy atom. The molecule has 2 unspecified atom stereocenters. The molecule has 0 aliphatic carbocycles. The molecule has 0 saturated heterocycles. The van der Waals surface area contributed by atoms with Gasteiger partial charge in [0.25, 0.3) is 5.56 Å². The number of aromatic nitrogens is 6. The molecule has 1 aliphatic rings. The predicted octanol–water partition coefficient (Wildman–Crippen LogP) is 6.34. The van der Waals surface area contributed by atoms with Crippen LogP contribution in [0.2, 0.25) is 0 Å². The summed E-state index contributed by atoms with van der Waals surface area (Å²) in [6.07, 6.45) is -0.407. The number of nitrogens with zero attached hydrogens (tertiary/aromatic N) is 6. The average Bonchev–Trinajstić information content (AvgIpc) is 3.52. The summed E-state index contributed by atoms with van der Waals surface area (Å²) < 4.78 is 85.3. The van der Waals surface area contributed by atoms with Gasteiger partial charge in [0.2, 0.25) is 5.91 Å². The average molecular weight is 640 g/mol. The molecule has 4 heterocycles. The number of fused-ring (bicyclic) bond motifs is 4. The van der Waals surface area contributed by atoms with Gasteiger partial charge in [-0.25, -0.2) is 22.8 Å². The van der Waals surface area contributed by atoms with E-state index >= 15 is 4.39 Å². The first-order valence-electron chi connectivity index (χ1n) is 14.0. The Balaban J connectivity index is 1.45. The molecule has 0 saturated carbocycles. The van der Waals surface area contributed by atoms with Crippen molar-refractivity contribution < 1.29 is 31.1 Å². The van der Waals surface area contributed by atoms with E-state index in [0.29, 0.717) is 58.7 Å². The molecule has 0 fully saturated rings. The SMILES string of the molecule is CC1CCCC(n2cnc(-c3c(-n4cc(C(F)(F)F)nn4)ccc(F)c3F)cc2=O)c2ccnc(c2)-c2cc(F)ccc2NC1=O. The van der Waals surface area contributed by atoms with Crippen LogP contribution in [0.1, 0.15) is 43.5 Å². The Morgan fingerprint density at radius 2 is 1.74 bits per heavy atom. The zero-order valence-corrected chi connectivity index (χ0v) is 23.9. The van der Waals surface area contributed by atoms with E-state index in [2.05, 4.69) is 25.6 Å². The highest BCUT2D eigenvalue weighted by molar-refractivity contribution is 5.96. The minimum absolute atomic E-state index is 0.271. The zero-order valence-electron chi connectivity index (χ0n) is 23.9. The topological polar surface area (TPSA) is 108 Å². The zero-order chi connectivity index (χ0) is 32.7. The first kappa shape index (κ1) is 30.7. The fourth-order valence-electron chi connectivity index (χ4n) is 5.38. The van der Waals surface area contributed by atoms with Crippen LogP contribution in [0.25, 0.3) is 28.2 Å². The Morgan fingerprint density at radius 1 is 0.935 bits per heavy atom. The van der Waals surface area contributed by atoms with Crippen molar-refractivity contribution in [1.82, 2.24) is 29.5 Å². The van der Waals surface area contributed by atoms with Gasteiger partial charge in [0.05, 0.1) is 46.9 Å². The van der Waals surface area contributed by atoms with E-state index in [4.69, 9.17) is 0 Å². The summed E-state index contributed by atoms with van der Waals surface area (Å²) in [6, 6.07) is 9.24. The van der Waals surface area contributed by atoms with Gasteiger partial charge in [0, 0.05) is 23.7 Å². The molecule has 5 aromatic rings. The second-order valence-corrected chi connectivity index (χ2v) is 10.8. The predicted molar refractivity (Wildman–Crippen MR) is 153 cm³/mol. The Hall–Kier alpha value is -5.34. The number of halogens is 6. The van der Waals surface area contributed by atoms with Crippen LogP contribution in [0, 0.1) is 23.4 Å². The normalized spacial score (nSPS) is 17.1. The van der Waals surface area contributed by atoms with Crippen molar-refractivity contribution in [3.8, 4) is 28.2 Å². The van der Waals surface area contributed by atoms with Gasteiger partial charge in [0.15, 0.2) is 17.3 Å². The second-order valence-electron chi connectivity index (χ2n) is 10.8. The molecule has 2 aromatic carbocycles. The van der Waals surface area contributed by atoms with Crippen molar-refractivity contribution in [2.75, 3.05) is 5.32 Å². The molecule has 46 heavy (non-hydrogen) atoms. The molecule has 15 heteroatoms. The molecular weight excluding hydrogens is 616 g/mol. The molecule has 2 atom stereocenters. The van der Waals surface area contributed by atoms with Crippen molar-refractivity contribution in [2.24, 2.45) is 5.92 Å². The van der Waals surface area contributed by atoms with Crippen molar-refractivity contribution >= 4 is 11.6 Å². The third-order valence-corrected chi connectivity index (χ3v) is 7.78. The lowest BCUT2D eigenvalue weighted by Crippen LogP contribution is -2.27. The summed E-state index contributed by atoms with van der Waals surface area (Å²) in [6.45, 7) is 1.75. The summed E-state index contributed by atoms with van der Waals surface area (Å²) in [5, 5.41) is 9.31. The van der Waals surface area contributed by atoms with Crippen LogP contribution in [0.15, 0.2) is 72.0 Å². The smallest absolute Gasteiger partial charge is 0.325 e. The molecule has 6 rings (SSSR count). The number of rotatable bonds is 3. The standard InChI is InChI=1S/C31H23F6N7O2/c1-16-3-2-4-24(17-9-10-38-22(11-17)19-12-18(32)5-7-21(19)40-30(16)46)43-15-39-23(13-27(43)45)28-25(8-6-20(33)29(28)34)44-14-26(41-42-44)31(35,36)37/h5-16,24H,2-4H2,1H3,(H,40,46). The number of amides is 1. The minimum Gasteiger partial charge on any atom is -0.325 e. The monoisotopic (exact) mass is 639 g/mol. The third-order valence-electron chi connectivity index (χ3n) is 7.78. The van der Waals surface area contributed by atoms with E-state index in [1.165, 1.54) is 29.0 Å². The fourth-order valence-corrected chi connectivity index (χ4v) is 5.38. The lowest BCUT2D eigenvalue weighted by molar-refractivity contribution is -0.141. The number of anilines is 1. The fraction of sp³-hybridized carbons (Fsp3) is 0.226. The molecular formula is C31H23F6N7O2. The number of carbonyl (C=O) groups is 1. The molecule has 1 N–H and O–H groups in total. The molecule has 1 aliphatic heterocycles. The first-order chi connectivity index (χ1) is 21.9. The maximum Gasteiger partial charge on any atom is 0.436 e. The maximum atomic E-state index is 15.2. The van der Waals surface area contributed by atoms with Gasteiger partial charge in [-0.15, -0.1) is 5.10 Å². The number of hydrogen-bond acceptors (Lipinski definition) is 6. The van der Waals surface area contributed by atoms with Crippen LogP contribution in [0.3, 0.4) is 0 Å². The molecule has 0 radical (unpaired) electrons. The molecule has 9 nitrogen and oxygen atoms in total. The highest BCUT2D eigenvalue weighted by Gasteiger charge is 2.35. The van der Waals surface area contributed by atoms with Gasteiger partial charge >= 0.3 is 6.18 Å². The number of pyridine rings is 1. The third kappa shape index (κ3) is 5.87. The Kier molecular flexibility index (Phi) is 7.92. The number of hydrogen-bond donors (Lipinski definition) is 1. The number of nitrogens with one attached hydrogen (secondary N) is 1.